The standard InChI is InChI=1S/C50H86O6/c1-4-7-10-13-16-19-21-23-25-27-28-31-34-37-40-43-49(52)55-46-47(45-54-48(51)42-39-36-33-30-18-15-12-9-6-3)56-50(53)44-41-38-35-32-29-26-24-22-20-17-14-11-8-5-2/h8,11,16-17,19-21,23,30,33,47H,4-7,9-10,12-15,18,22,24-29,31-32,34-46H2,1-3H3/b11-8-,19-16-,20-17-,23-21-,33-30-. The Morgan fingerprint density at radius 1 is 0.393 bits per heavy atom. The van der Waals surface area contributed by atoms with Crippen LogP contribution in [-0.2, 0) is 28.6 Å². The van der Waals surface area contributed by atoms with Gasteiger partial charge in [0.2, 0.25) is 0 Å². The van der Waals surface area contributed by atoms with Gasteiger partial charge in [0.15, 0.2) is 6.10 Å². The van der Waals surface area contributed by atoms with E-state index in [0.717, 1.165) is 77.0 Å². The van der Waals surface area contributed by atoms with Gasteiger partial charge in [-0.3, -0.25) is 14.4 Å². The minimum Gasteiger partial charge on any atom is -0.462 e. The topological polar surface area (TPSA) is 78.9 Å². The zero-order valence-electron chi connectivity index (χ0n) is 36.6. The van der Waals surface area contributed by atoms with Crippen molar-refractivity contribution >= 4 is 17.9 Å². The van der Waals surface area contributed by atoms with Crippen molar-refractivity contribution in [3.05, 3.63) is 60.8 Å². The first-order chi connectivity index (χ1) is 27.5. The van der Waals surface area contributed by atoms with Crippen LogP contribution in [0.3, 0.4) is 0 Å². The lowest BCUT2D eigenvalue weighted by Gasteiger charge is -2.18. The summed E-state index contributed by atoms with van der Waals surface area (Å²) in [5, 5.41) is 0. The molecule has 56 heavy (non-hydrogen) atoms. The molecular weight excluding hydrogens is 697 g/mol. The van der Waals surface area contributed by atoms with Crippen molar-refractivity contribution in [1.82, 2.24) is 0 Å². The molecule has 6 heteroatoms. The van der Waals surface area contributed by atoms with Gasteiger partial charge in [-0.15, -0.1) is 0 Å². The summed E-state index contributed by atoms with van der Waals surface area (Å²) in [6.07, 6.45) is 53.5. The molecule has 0 heterocycles. The van der Waals surface area contributed by atoms with E-state index in [4.69, 9.17) is 14.2 Å². The van der Waals surface area contributed by atoms with E-state index in [-0.39, 0.29) is 31.1 Å². The summed E-state index contributed by atoms with van der Waals surface area (Å²) in [4.78, 5) is 37.7. The van der Waals surface area contributed by atoms with E-state index in [1.165, 1.54) is 96.3 Å². The number of rotatable bonds is 41. The molecule has 0 aliphatic heterocycles. The largest absolute Gasteiger partial charge is 0.462 e. The van der Waals surface area contributed by atoms with Crippen molar-refractivity contribution in [2.24, 2.45) is 0 Å². The van der Waals surface area contributed by atoms with Crippen LogP contribution in [0.25, 0.3) is 0 Å². The van der Waals surface area contributed by atoms with Gasteiger partial charge in [-0.1, -0.05) is 171 Å². The molecule has 0 bridgehead atoms. The minimum absolute atomic E-state index is 0.0926. The molecule has 0 aromatic carbocycles. The average molecular weight is 783 g/mol. The van der Waals surface area contributed by atoms with E-state index < -0.39 is 6.10 Å². The number of carbonyl (C=O) groups is 3. The number of allylic oxidation sites excluding steroid dienone is 10. The van der Waals surface area contributed by atoms with Crippen molar-refractivity contribution in [2.75, 3.05) is 13.2 Å². The maximum absolute atomic E-state index is 12.7. The van der Waals surface area contributed by atoms with Crippen molar-refractivity contribution in [2.45, 2.75) is 226 Å². The molecule has 0 fully saturated rings. The molecule has 0 radical (unpaired) electrons. The first-order valence-corrected chi connectivity index (χ1v) is 23.3. The van der Waals surface area contributed by atoms with Crippen LogP contribution in [0, 0.1) is 0 Å². The molecule has 0 amide bonds. The van der Waals surface area contributed by atoms with Gasteiger partial charge in [0.25, 0.3) is 0 Å². The van der Waals surface area contributed by atoms with E-state index in [1.807, 2.05) is 0 Å². The van der Waals surface area contributed by atoms with Gasteiger partial charge in [-0.25, -0.2) is 0 Å². The number of hydrogen-bond donors (Lipinski definition) is 0. The van der Waals surface area contributed by atoms with Crippen molar-refractivity contribution in [3.63, 3.8) is 0 Å². The molecule has 6 nitrogen and oxygen atoms in total. The highest BCUT2D eigenvalue weighted by Crippen LogP contribution is 2.13. The highest BCUT2D eigenvalue weighted by atomic mass is 16.6. The maximum Gasteiger partial charge on any atom is 0.306 e. The number of carbonyl (C=O) groups excluding carboxylic acids is 3. The van der Waals surface area contributed by atoms with Gasteiger partial charge in [0.05, 0.1) is 0 Å². The second kappa shape index (κ2) is 44.8. The SMILES string of the molecule is CC/C=C\C/C=C\CCCCCCCCCC(=O)OC(COC(=O)CCC/C=C\CCCCCC)COC(=O)CCCCCCCC/C=C\C=C/CCCCC. The monoisotopic (exact) mass is 783 g/mol. The highest BCUT2D eigenvalue weighted by molar-refractivity contribution is 5.71. The van der Waals surface area contributed by atoms with E-state index in [9.17, 15) is 14.4 Å². The summed E-state index contributed by atoms with van der Waals surface area (Å²) >= 11 is 0. The zero-order chi connectivity index (χ0) is 40.8. The fourth-order valence-electron chi connectivity index (χ4n) is 6.24. The van der Waals surface area contributed by atoms with Crippen LogP contribution in [0.5, 0.6) is 0 Å². The second-order valence-corrected chi connectivity index (χ2v) is 15.3. The molecule has 0 N–H and O–H groups in total. The van der Waals surface area contributed by atoms with Crippen LogP contribution in [0.2, 0.25) is 0 Å². The molecule has 0 aromatic rings. The molecule has 0 aliphatic rings. The molecule has 1 unspecified atom stereocenters. The van der Waals surface area contributed by atoms with Crippen molar-refractivity contribution in [3.8, 4) is 0 Å². The molecule has 0 aliphatic carbocycles. The van der Waals surface area contributed by atoms with E-state index >= 15 is 0 Å². The third-order valence-electron chi connectivity index (χ3n) is 9.75. The van der Waals surface area contributed by atoms with Crippen LogP contribution in [0.1, 0.15) is 220 Å². The Bertz CT molecular complexity index is 1040. The van der Waals surface area contributed by atoms with Gasteiger partial charge in [-0.2, -0.15) is 0 Å². The minimum atomic E-state index is -0.791. The quantitative estimate of drug-likeness (QED) is 0.0202. The Morgan fingerprint density at radius 3 is 1.30 bits per heavy atom. The fourth-order valence-corrected chi connectivity index (χ4v) is 6.24. The molecular formula is C50H86O6. The number of hydrogen-bond acceptors (Lipinski definition) is 6. The predicted molar refractivity (Wildman–Crippen MR) is 238 cm³/mol. The summed E-state index contributed by atoms with van der Waals surface area (Å²) < 4.78 is 16.7. The second-order valence-electron chi connectivity index (χ2n) is 15.3. The number of unbranched alkanes of at least 4 members (excludes halogenated alkanes) is 21. The van der Waals surface area contributed by atoms with E-state index in [2.05, 4.69) is 81.5 Å². The summed E-state index contributed by atoms with van der Waals surface area (Å²) in [5.74, 6) is -0.951. The predicted octanol–water partition coefficient (Wildman–Crippen LogP) is 14.9. The Balaban J connectivity index is 4.40. The van der Waals surface area contributed by atoms with Crippen LogP contribution >= 0.6 is 0 Å². The molecule has 0 aromatic heterocycles. The summed E-state index contributed by atoms with van der Waals surface area (Å²) in [7, 11) is 0. The average Bonchev–Trinajstić information content (AvgIpc) is 3.19. The first kappa shape index (κ1) is 53.1. The third kappa shape index (κ3) is 42.3. The van der Waals surface area contributed by atoms with Crippen molar-refractivity contribution < 1.29 is 28.6 Å². The smallest absolute Gasteiger partial charge is 0.306 e. The summed E-state index contributed by atoms with van der Waals surface area (Å²) in [5.41, 5.74) is 0. The molecule has 0 rings (SSSR count). The van der Waals surface area contributed by atoms with Gasteiger partial charge in [0.1, 0.15) is 13.2 Å². The zero-order valence-corrected chi connectivity index (χ0v) is 36.6. The maximum atomic E-state index is 12.7. The lowest BCUT2D eigenvalue weighted by molar-refractivity contribution is -0.167. The van der Waals surface area contributed by atoms with Crippen LogP contribution in [0.4, 0.5) is 0 Å². The fraction of sp³-hybridized carbons (Fsp3) is 0.740. The molecule has 0 saturated carbocycles. The van der Waals surface area contributed by atoms with Crippen LogP contribution in [-0.4, -0.2) is 37.2 Å². The molecule has 322 valence electrons. The lowest BCUT2D eigenvalue weighted by Crippen LogP contribution is -2.30. The number of ether oxygens (including phenoxy) is 3. The van der Waals surface area contributed by atoms with Gasteiger partial charge < -0.3 is 14.2 Å². The summed E-state index contributed by atoms with van der Waals surface area (Å²) in [6.45, 7) is 6.41. The third-order valence-corrected chi connectivity index (χ3v) is 9.75. The Labute approximate surface area is 345 Å². The van der Waals surface area contributed by atoms with Crippen LogP contribution in [0.15, 0.2) is 60.8 Å². The van der Waals surface area contributed by atoms with E-state index in [0.29, 0.717) is 25.7 Å². The first-order valence-electron chi connectivity index (χ1n) is 23.3. The summed E-state index contributed by atoms with van der Waals surface area (Å²) in [6, 6.07) is 0. The molecule has 0 spiro atoms. The van der Waals surface area contributed by atoms with Gasteiger partial charge in [0, 0.05) is 19.3 Å². The Hall–Kier alpha value is -2.89. The number of esters is 3. The van der Waals surface area contributed by atoms with Gasteiger partial charge >= 0.3 is 17.9 Å². The highest BCUT2D eigenvalue weighted by Gasteiger charge is 2.19. The Morgan fingerprint density at radius 2 is 0.768 bits per heavy atom. The van der Waals surface area contributed by atoms with Crippen LogP contribution < -0.4 is 0 Å². The van der Waals surface area contributed by atoms with Gasteiger partial charge in [-0.05, 0) is 89.9 Å². The van der Waals surface area contributed by atoms with E-state index in [1.54, 1.807) is 0 Å². The molecule has 0 saturated heterocycles. The Kier molecular flexibility index (Phi) is 42.5. The molecule has 1 atom stereocenters. The lowest BCUT2D eigenvalue weighted by atomic mass is 10.1. The van der Waals surface area contributed by atoms with Crippen molar-refractivity contribution in [1.29, 1.82) is 0 Å². The normalized spacial score (nSPS) is 12.6.